The number of methoxy groups -OCH3 is 2. The zero-order valence-corrected chi connectivity index (χ0v) is 21.2. The van der Waals surface area contributed by atoms with Gasteiger partial charge >= 0.3 is 0 Å². The summed E-state index contributed by atoms with van der Waals surface area (Å²) in [5.74, 6) is 2.00. The summed E-state index contributed by atoms with van der Waals surface area (Å²) in [6, 6.07) is 14.8. The lowest BCUT2D eigenvalue weighted by Gasteiger charge is -2.35. The summed E-state index contributed by atoms with van der Waals surface area (Å²) < 4.78 is 12.4. The van der Waals surface area contributed by atoms with E-state index in [0.29, 0.717) is 54.0 Å². The zero-order chi connectivity index (χ0) is 25.2. The van der Waals surface area contributed by atoms with E-state index in [1.54, 1.807) is 25.0 Å². The molecule has 4 aromatic rings. The molecule has 1 amide bonds. The van der Waals surface area contributed by atoms with Gasteiger partial charge in [-0.25, -0.2) is 14.6 Å². The van der Waals surface area contributed by atoms with E-state index in [2.05, 4.69) is 4.90 Å². The second-order valence-corrected chi connectivity index (χ2v) is 8.96. The normalized spacial score (nSPS) is 13.9. The molecule has 0 saturated carbocycles. The lowest BCUT2D eigenvalue weighted by atomic mass is 10.1. The standard InChI is InChI=1S/C26H27ClN6O3/c1-17-23-24(31-11-13-32(14-12-31)26(34)18-7-6-8-19(15-18)36-3)28-22(16-35-2)29-25(23)33(30-17)21-10-5-4-9-20(21)27/h4-10,15H,11-14,16H2,1-3H3. The number of hydrogen-bond donors (Lipinski definition) is 0. The average Bonchev–Trinajstić information content (AvgIpc) is 3.24. The van der Waals surface area contributed by atoms with Crippen molar-refractivity contribution in [2.75, 3.05) is 45.3 Å². The topological polar surface area (TPSA) is 85.6 Å². The summed E-state index contributed by atoms with van der Waals surface area (Å²) in [4.78, 5) is 26.7. The first-order chi connectivity index (χ1) is 17.5. The molecule has 0 radical (unpaired) electrons. The molecule has 36 heavy (non-hydrogen) atoms. The van der Waals surface area contributed by atoms with Gasteiger partial charge in [-0.15, -0.1) is 0 Å². The number of fused-ring (bicyclic) bond motifs is 1. The van der Waals surface area contributed by atoms with E-state index in [1.165, 1.54) is 0 Å². The van der Waals surface area contributed by atoms with Gasteiger partial charge in [-0.1, -0.05) is 29.8 Å². The van der Waals surface area contributed by atoms with E-state index in [-0.39, 0.29) is 12.5 Å². The molecule has 0 bridgehead atoms. The Morgan fingerprint density at radius 3 is 2.53 bits per heavy atom. The molecule has 0 spiro atoms. The van der Waals surface area contributed by atoms with E-state index in [4.69, 9.17) is 36.1 Å². The lowest BCUT2D eigenvalue weighted by molar-refractivity contribution is 0.0746. The molecular weight excluding hydrogens is 480 g/mol. The predicted octanol–water partition coefficient (Wildman–Crippen LogP) is 3.89. The molecule has 0 N–H and O–H groups in total. The molecule has 0 unspecified atom stereocenters. The number of hydrogen-bond acceptors (Lipinski definition) is 7. The quantitative estimate of drug-likeness (QED) is 0.392. The fraction of sp³-hybridized carbons (Fsp3) is 0.308. The number of benzene rings is 2. The van der Waals surface area contributed by atoms with Crippen molar-refractivity contribution < 1.29 is 14.3 Å². The molecule has 1 saturated heterocycles. The highest BCUT2D eigenvalue weighted by molar-refractivity contribution is 6.32. The Bertz CT molecular complexity index is 1410. The van der Waals surface area contributed by atoms with Crippen molar-refractivity contribution in [1.29, 1.82) is 0 Å². The van der Waals surface area contributed by atoms with Gasteiger partial charge in [0.25, 0.3) is 5.91 Å². The van der Waals surface area contributed by atoms with Crippen LogP contribution < -0.4 is 9.64 Å². The smallest absolute Gasteiger partial charge is 0.254 e. The monoisotopic (exact) mass is 506 g/mol. The minimum Gasteiger partial charge on any atom is -0.497 e. The van der Waals surface area contributed by atoms with Crippen LogP contribution >= 0.6 is 11.6 Å². The Hall–Kier alpha value is -3.69. The van der Waals surface area contributed by atoms with E-state index in [1.807, 2.05) is 54.3 Å². The third-order valence-corrected chi connectivity index (χ3v) is 6.59. The second-order valence-electron chi connectivity index (χ2n) is 8.55. The van der Waals surface area contributed by atoms with Crippen LogP contribution in [0.1, 0.15) is 21.9 Å². The molecule has 0 atom stereocenters. The SMILES string of the molecule is COCc1nc(N2CCN(C(=O)c3cccc(OC)c3)CC2)c2c(C)nn(-c3ccccc3Cl)c2n1. The largest absolute Gasteiger partial charge is 0.497 e. The van der Waals surface area contributed by atoms with Crippen LogP contribution in [0.5, 0.6) is 5.75 Å². The highest BCUT2D eigenvalue weighted by atomic mass is 35.5. The van der Waals surface area contributed by atoms with E-state index >= 15 is 0 Å². The molecule has 3 heterocycles. The van der Waals surface area contributed by atoms with Gasteiger partial charge in [0, 0.05) is 38.9 Å². The fourth-order valence-electron chi connectivity index (χ4n) is 4.48. The number of carbonyl (C=O) groups is 1. The molecule has 9 nitrogen and oxygen atoms in total. The van der Waals surface area contributed by atoms with E-state index in [0.717, 1.165) is 22.6 Å². The number of aromatic nitrogens is 4. The van der Waals surface area contributed by atoms with Crippen LogP contribution in [0.15, 0.2) is 48.5 Å². The maximum atomic E-state index is 13.1. The molecule has 10 heteroatoms. The molecule has 186 valence electrons. The number of aryl methyl sites for hydroxylation is 1. The molecule has 1 fully saturated rings. The first-order valence-electron chi connectivity index (χ1n) is 11.7. The lowest BCUT2D eigenvalue weighted by Crippen LogP contribution is -2.49. The molecule has 1 aliphatic rings. The van der Waals surface area contributed by atoms with Crippen molar-refractivity contribution >= 4 is 34.4 Å². The van der Waals surface area contributed by atoms with Crippen molar-refractivity contribution in [2.45, 2.75) is 13.5 Å². The number of nitrogens with zero attached hydrogens (tertiary/aromatic N) is 6. The number of carbonyl (C=O) groups excluding carboxylic acids is 1. The minimum absolute atomic E-state index is 0.0100. The summed E-state index contributed by atoms with van der Waals surface area (Å²) in [6.07, 6.45) is 0. The number of piperazine rings is 1. The zero-order valence-electron chi connectivity index (χ0n) is 20.4. The van der Waals surface area contributed by atoms with Crippen molar-refractivity contribution in [3.05, 3.63) is 70.6 Å². The Morgan fingerprint density at radius 2 is 1.81 bits per heavy atom. The molecule has 0 aliphatic carbocycles. The molecule has 1 aliphatic heterocycles. The van der Waals surface area contributed by atoms with E-state index < -0.39 is 0 Å². The maximum Gasteiger partial charge on any atom is 0.254 e. The first kappa shape index (κ1) is 24.0. The Kier molecular flexibility index (Phi) is 6.75. The minimum atomic E-state index is -0.0100. The van der Waals surface area contributed by atoms with Gasteiger partial charge in [0.1, 0.15) is 18.2 Å². The fourth-order valence-corrected chi connectivity index (χ4v) is 4.70. The van der Waals surface area contributed by atoms with Crippen molar-refractivity contribution in [2.24, 2.45) is 0 Å². The van der Waals surface area contributed by atoms with E-state index in [9.17, 15) is 4.79 Å². The molecular formula is C26H27ClN6O3. The van der Waals surface area contributed by atoms with Gasteiger partial charge in [-0.05, 0) is 37.3 Å². The average molecular weight is 507 g/mol. The van der Waals surface area contributed by atoms with Crippen molar-refractivity contribution in [3.63, 3.8) is 0 Å². The number of rotatable bonds is 6. The van der Waals surface area contributed by atoms with Crippen molar-refractivity contribution in [1.82, 2.24) is 24.6 Å². The Labute approximate surface area is 214 Å². The maximum absolute atomic E-state index is 13.1. The molecule has 5 rings (SSSR count). The van der Waals surface area contributed by atoms with Gasteiger partial charge in [0.2, 0.25) is 0 Å². The van der Waals surface area contributed by atoms with Gasteiger partial charge < -0.3 is 19.3 Å². The molecule has 2 aromatic heterocycles. The van der Waals surface area contributed by atoms with Crippen LogP contribution in [0.2, 0.25) is 5.02 Å². The highest BCUT2D eigenvalue weighted by Gasteiger charge is 2.27. The number of amides is 1. The summed E-state index contributed by atoms with van der Waals surface area (Å²) in [5.41, 5.74) is 2.84. The van der Waals surface area contributed by atoms with Gasteiger partial charge in [0.05, 0.1) is 28.9 Å². The van der Waals surface area contributed by atoms with Gasteiger partial charge in [-0.3, -0.25) is 4.79 Å². The van der Waals surface area contributed by atoms with Crippen LogP contribution in [0, 0.1) is 6.92 Å². The number of halogens is 1. The second kappa shape index (κ2) is 10.1. The third kappa shape index (κ3) is 4.47. The van der Waals surface area contributed by atoms with Crippen molar-refractivity contribution in [3.8, 4) is 11.4 Å². The number of ether oxygens (including phenoxy) is 2. The summed E-state index contributed by atoms with van der Waals surface area (Å²) in [7, 11) is 3.21. The van der Waals surface area contributed by atoms with Crippen LogP contribution in [-0.2, 0) is 11.3 Å². The van der Waals surface area contributed by atoms with Crippen LogP contribution in [0.3, 0.4) is 0 Å². The molecule has 2 aromatic carbocycles. The number of anilines is 1. The summed E-state index contributed by atoms with van der Waals surface area (Å²) in [5, 5.41) is 6.21. The van der Waals surface area contributed by atoms with Crippen LogP contribution in [-0.4, -0.2) is 71.0 Å². The Morgan fingerprint density at radius 1 is 1.03 bits per heavy atom. The summed E-state index contributed by atoms with van der Waals surface area (Å²) >= 11 is 6.49. The Balaban J connectivity index is 1.47. The number of para-hydroxylation sites is 1. The third-order valence-electron chi connectivity index (χ3n) is 6.27. The predicted molar refractivity (Wildman–Crippen MR) is 138 cm³/mol. The first-order valence-corrected chi connectivity index (χ1v) is 12.1. The van der Waals surface area contributed by atoms with Gasteiger partial charge in [0.15, 0.2) is 11.5 Å². The van der Waals surface area contributed by atoms with Gasteiger partial charge in [-0.2, -0.15) is 5.10 Å². The highest BCUT2D eigenvalue weighted by Crippen LogP contribution is 2.31. The van der Waals surface area contributed by atoms with Crippen LogP contribution in [0.25, 0.3) is 16.7 Å². The van der Waals surface area contributed by atoms with Crippen LogP contribution in [0.4, 0.5) is 5.82 Å². The summed E-state index contributed by atoms with van der Waals surface area (Å²) in [6.45, 7) is 4.61.